The number of hydrogen-bond donors (Lipinski definition) is 1. The number of aromatic nitrogens is 2. The number of carbonyl (C=O) groups is 1. The molecule has 0 aliphatic carbocycles. The van der Waals surface area contributed by atoms with Gasteiger partial charge in [-0.05, 0) is 51.3 Å². The predicted molar refractivity (Wildman–Crippen MR) is 123 cm³/mol. The smallest absolute Gasteiger partial charge is 0.255 e. The molecule has 2 aliphatic rings. The Hall–Kier alpha value is -2.67. The predicted octanol–water partition coefficient (Wildman–Crippen LogP) is 2.97. The van der Waals surface area contributed by atoms with Crippen LogP contribution in [0.2, 0.25) is 0 Å². The molecule has 4 rings (SSSR count). The van der Waals surface area contributed by atoms with Crippen molar-refractivity contribution < 1.29 is 4.79 Å². The minimum Gasteiger partial charge on any atom is -0.378 e. The van der Waals surface area contributed by atoms with Crippen molar-refractivity contribution >= 4 is 11.6 Å². The summed E-state index contributed by atoms with van der Waals surface area (Å²) in [6.07, 6.45) is 3.58. The summed E-state index contributed by atoms with van der Waals surface area (Å²) in [6, 6.07) is 7.92. The number of rotatable bonds is 4. The van der Waals surface area contributed by atoms with E-state index in [-0.39, 0.29) is 17.5 Å². The zero-order chi connectivity index (χ0) is 22.1. The molecule has 1 amide bonds. The highest BCUT2D eigenvalue weighted by molar-refractivity contribution is 5.95. The highest BCUT2D eigenvalue weighted by Gasteiger charge is 2.32. The van der Waals surface area contributed by atoms with Crippen LogP contribution in [0.5, 0.6) is 0 Å². The Morgan fingerprint density at radius 3 is 2.77 bits per heavy atom. The van der Waals surface area contributed by atoms with Crippen molar-refractivity contribution in [1.29, 1.82) is 0 Å². The Bertz CT molecular complexity index is 1010. The molecule has 1 atom stereocenters. The first-order valence-electron chi connectivity index (χ1n) is 11.3. The molecule has 0 bridgehead atoms. The van der Waals surface area contributed by atoms with E-state index in [0.29, 0.717) is 30.5 Å². The number of piperidine rings is 1. The lowest BCUT2D eigenvalue weighted by atomic mass is 9.98. The lowest BCUT2D eigenvalue weighted by Gasteiger charge is -2.36. The molecule has 0 saturated carbocycles. The fraction of sp³-hybridized carbons (Fsp3) is 0.542. The van der Waals surface area contributed by atoms with Gasteiger partial charge in [0.2, 0.25) is 0 Å². The Labute approximate surface area is 184 Å². The van der Waals surface area contributed by atoms with Crippen molar-refractivity contribution in [2.45, 2.75) is 58.2 Å². The van der Waals surface area contributed by atoms with E-state index in [1.54, 1.807) is 0 Å². The normalized spacial score (nSPS) is 19.4. The van der Waals surface area contributed by atoms with E-state index in [9.17, 15) is 9.59 Å². The standard InChI is InChI=1S/C24H33N5O2/c1-16(2)28-13-11-20-19(15-28)23(30)26-22(25-20)21-10-5-6-12-29(21)24(31)17-8-7-9-18(14-17)27(3)4/h7-9,14,16,21H,5-6,10-13,15H2,1-4H3,(H,25,26,30)/t21-/m1/s1. The third-order valence-electron chi connectivity index (χ3n) is 6.54. The van der Waals surface area contributed by atoms with Crippen LogP contribution in [0.4, 0.5) is 5.69 Å². The molecular weight excluding hydrogens is 390 g/mol. The largest absolute Gasteiger partial charge is 0.378 e. The van der Waals surface area contributed by atoms with Gasteiger partial charge in [0.25, 0.3) is 11.5 Å². The maximum Gasteiger partial charge on any atom is 0.255 e. The Morgan fingerprint density at radius 2 is 2.03 bits per heavy atom. The van der Waals surface area contributed by atoms with E-state index in [2.05, 4.69) is 23.7 Å². The lowest BCUT2D eigenvalue weighted by Crippen LogP contribution is -2.42. The number of anilines is 1. The maximum atomic E-state index is 13.4. The first-order valence-corrected chi connectivity index (χ1v) is 11.3. The van der Waals surface area contributed by atoms with Gasteiger partial charge in [0.05, 0.1) is 17.3 Å². The van der Waals surface area contributed by atoms with E-state index >= 15 is 0 Å². The zero-order valence-corrected chi connectivity index (χ0v) is 19.0. The summed E-state index contributed by atoms with van der Waals surface area (Å²) in [4.78, 5) is 40.5. The summed E-state index contributed by atoms with van der Waals surface area (Å²) < 4.78 is 0. The highest BCUT2D eigenvalue weighted by Crippen LogP contribution is 2.31. The van der Waals surface area contributed by atoms with E-state index < -0.39 is 0 Å². The van der Waals surface area contributed by atoms with E-state index in [0.717, 1.165) is 49.2 Å². The van der Waals surface area contributed by atoms with Crippen molar-refractivity contribution in [2.75, 3.05) is 32.1 Å². The van der Waals surface area contributed by atoms with Gasteiger partial charge in [-0.1, -0.05) is 6.07 Å². The minimum absolute atomic E-state index is 0.000229. The van der Waals surface area contributed by atoms with Crippen molar-refractivity contribution in [3.05, 3.63) is 57.3 Å². The topological polar surface area (TPSA) is 72.5 Å². The van der Waals surface area contributed by atoms with Crippen molar-refractivity contribution in [3.63, 3.8) is 0 Å². The number of carbonyl (C=O) groups excluding carboxylic acids is 1. The van der Waals surface area contributed by atoms with Crippen LogP contribution >= 0.6 is 0 Å². The molecule has 1 N–H and O–H groups in total. The van der Waals surface area contributed by atoms with Gasteiger partial charge in [0.15, 0.2) is 0 Å². The van der Waals surface area contributed by atoms with Gasteiger partial charge in [-0.2, -0.15) is 0 Å². The van der Waals surface area contributed by atoms with E-state index in [1.165, 1.54) is 0 Å². The third kappa shape index (κ3) is 4.37. The number of aromatic amines is 1. The van der Waals surface area contributed by atoms with Crippen molar-refractivity contribution in [1.82, 2.24) is 19.8 Å². The molecule has 7 nitrogen and oxygen atoms in total. The van der Waals surface area contributed by atoms with Gasteiger partial charge in [0, 0.05) is 57.4 Å². The average Bonchev–Trinajstić information content (AvgIpc) is 2.78. The van der Waals surface area contributed by atoms with Crippen LogP contribution in [-0.2, 0) is 13.0 Å². The van der Waals surface area contributed by atoms with Gasteiger partial charge < -0.3 is 14.8 Å². The van der Waals surface area contributed by atoms with Gasteiger partial charge in [-0.25, -0.2) is 4.98 Å². The van der Waals surface area contributed by atoms with Crippen LogP contribution in [0.1, 0.15) is 66.6 Å². The van der Waals surface area contributed by atoms with Crippen LogP contribution in [0.3, 0.4) is 0 Å². The molecule has 0 radical (unpaired) electrons. The fourth-order valence-corrected chi connectivity index (χ4v) is 4.61. The summed E-state index contributed by atoms with van der Waals surface area (Å²) in [5.41, 5.74) is 3.28. The van der Waals surface area contributed by atoms with Gasteiger partial charge in [0.1, 0.15) is 5.82 Å². The minimum atomic E-state index is -0.189. The highest BCUT2D eigenvalue weighted by atomic mass is 16.2. The fourth-order valence-electron chi connectivity index (χ4n) is 4.61. The molecular formula is C24H33N5O2. The summed E-state index contributed by atoms with van der Waals surface area (Å²) >= 11 is 0. The number of benzene rings is 1. The van der Waals surface area contributed by atoms with Crippen LogP contribution < -0.4 is 10.5 Å². The summed E-state index contributed by atoms with van der Waals surface area (Å²) in [5.74, 6) is 0.637. The van der Waals surface area contributed by atoms with Gasteiger partial charge >= 0.3 is 0 Å². The molecule has 166 valence electrons. The quantitative estimate of drug-likeness (QED) is 0.819. The molecule has 0 spiro atoms. The van der Waals surface area contributed by atoms with Crippen LogP contribution in [0.25, 0.3) is 0 Å². The average molecular weight is 424 g/mol. The molecule has 2 aromatic rings. The number of amides is 1. The number of H-pyrrole nitrogens is 1. The molecule has 3 heterocycles. The summed E-state index contributed by atoms with van der Waals surface area (Å²) in [5, 5.41) is 0. The number of likely N-dealkylation sites (tertiary alicyclic amines) is 1. The van der Waals surface area contributed by atoms with Crippen molar-refractivity contribution in [2.24, 2.45) is 0 Å². The van der Waals surface area contributed by atoms with Gasteiger partial charge in [-0.3, -0.25) is 14.5 Å². The molecule has 2 aliphatic heterocycles. The first-order chi connectivity index (χ1) is 14.8. The Kier molecular flexibility index (Phi) is 6.14. The van der Waals surface area contributed by atoms with E-state index in [1.807, 2.05) is 48.2 Å². The monoisotopic (exact) mass is 423 g/mol. The van der Waals surface area contributed by atoms with Crippen LogP contribution in [0.15, 0.2) is 29.1 Å². The number of fused-ring (bicyclic) bond motifs is 1. The molecule has 7 heteroatoms. The second kappa shape index (κ2) is 8.83. The van der Waals surface area contributed by atoms with Crippen LogP contribution in [-0.4, -0.2) is 58.9 Å². The maximum absolute atomic E-state index is 13.4. The number of hydrogen-bond acceptors (Lipinski definition) is 5. The molecule has 1 fully saturated rings. The summed E-state index contributed by atoms with van der Waals surface area (Å²) in [7, 11) is 3.94. The summed E-state index contributed by atoms with van der Waals surface area (Å²) in [6.45, 7) is 6.53. The lowest BCUT2D eigenvalue weighted by molar-refractivity contribution is 0.0598. The molecule has 1 aromatic heterocycles. The van der Waals surface area contributed by atoms with Gasteiger partial charge in [-0.15, -0.1) is 0 Å². The molecule has 0 unspecified atom stereocenters. The number of nitrogens with one attached hydrogen (secondary N) is 1. The molecule has 31 heavy (non-hydrogen) atoms. The Balaban J connectivity index is 1.64. The number of nitrogens with zero attached hydrogens (tertiary/aromatic N) is 4. The van der Waals surface area contributed by atoms with E-state index in [4.69, 9.17) is 4.98 Å². The van der Waals surface area contributed by atoms with Crippen molar-refractivity contribution in [3.8, 4) is 0 Å². The second-order valence-corrected chi connectivity index (χ2v) is 9.15. The van der Waals surface area contributed by atoms with Crippen LogP contribution in [0, 0.1) is 0 Å². The third-order valence-corrected chi connectivity index (χ3v) is 6.54. The Morgan fingerprint density at radius 1 is 1.23 bits per heavy atom. The molecule has 1 saturated heterocycles. The second-order valence-electron chi connectivity index (χ2n) is 9.15. The first kappa shape index (κ1) is 21.6. The zero-order valence-electron chi connectivity index (χ0n) is 19.0. The molecule has 1 aromatic carbocycles. The SMILES string of the molecule is CC(C)N1CCc2nc([C@H]3CCCCN3C(=O)c3cccc(N(C)C)c3)[nH]c(=O)c2C1.